The van der Waals surface area contributed by atoms with Gasteiger partial charge in [0.05, 0.1) is 5.41 Å². The Morgan fingerprint density at radius 1 is 1.28 bits per heavy atom. The van der Waals surface area contributed by atoms with Crippen molar-refractivity contribution in [1.82, 2.24) is 5.32 Å². The van der Waals surface area contributed by atoms with Crippen LogP contribution in [0.2, 0.25) is 0 Å². The number of nitrogens with two attached hydrogens (primary N) is 1. The molecule has 3 N–H and O–H groups in total. The Hall–Kier alpha value is -0.570. The SMILES string of the molecule is CC1CCC(CN)(C(=O)NCCCC2CC2)CC1. The molecule has 0 bridgehead atoms. The molecule has 2 aliphatic rings. The smallest absolute Gasteiger partial charge is 0.227 e. The van der Waals surface area contributed by atoms with Crippen molar-refractivity contribution in [3.8, 4) is 0 Å². The molecule has 0 heterocycles. The van der Waals surface area contributed by atoms with Crippen LogP contribution in [0.25, 0.3) is 0 Å². The normalized spacial score (nSPS) is 32.2. The fourth-order valence-electron chi connectivity index (χ4n) is 3.03. The average Bonchev–Trinajstić information content (AvgIpc) is 3.20. The topological polar surface area (TPSA) is 55.1 Å². The van der Waals surface area contributed by atoms with Crippen molar-refractivity contribution in [2.45, 2.75) is 58.3 Å². The van der Waals surface area contributed by atoms with Gasteiger partial charge in [-0.2, -0.15) is 0 Å². The molecule has 3 heteroatoms. The van der Waals surface area contributed by atoms with E-state index in [9.17, 15) is 4.79 Å². The van der Waals surface area contributed by atoms with Crippen molar-refractivity contribution in [3.05, 3.63) is 0 Å². The Morgan fingerprint density at radius 3 is 2.50 bits per heavy atom. The van der Waals surface area contributed by atoms with E-state index < -0.39 is 0 Å². The van der Waals surface area contributed by atoms with Crippen molar-refractivity contribution in [3.63, 3.8) is 0 Å². The third-order valence-electron chi connectivity index (χ3n) is 4.88. The van der Waals surface area contributed by atoms with E-state index in [1.165, 1.54) is 19.3 Å². The van der Waals surface area contributed by atoms with E-state index in [0.717, 1.165) is 50.5 Å². The van der Waals surface area contributed by atoms with Gasteiger partial charge in [0.1, 0.15) is 0 Å². The maximum absolute atomic E-state index is 12.3. The van der Waals surface area contributed by atoms with Crippen LogP contribution >= 0.6 is 0 Å². The molecular formula is C15H28N2O. The summed E-state index contributed by atoms with van der Waals surface area (Å²) in [5.41, 5.74) is 5.63. The number of carbonyl (C=O) groups excluding carboxylic acids is 1. The molecule has 1 amide bonds. The Morgan fingerprint density at radius 2 is 1.94 bits per heavy atom. The molecule has 0 aromatic heterocycles. The first-order chi connectivity index (χ1) is 8.66. The summed E-state index contributed by atoms with van der Waals surface area (Å²) in [4.78, 5) is 12.3. The van der Waals surface area contributed by atoms with Crippen LogP contribution < -0.4 is 11.1 Å². The summed E-state index contributed by atoms with van der Waals surface area (Å²) in [6.45, 7) is 3.62. The van der Waals surface area contributed by atoms with Gasteiger partial charge in [0.15, 0.2) is 0 Å². The van der Waals surface area contributed by atoms with Gasteiger partial charge in [0.2, 0.25) is 5.91 Å². The van der Waals surface area contributed by atoms with Gasteiger partial charge in [0, 0.05) is 13.1 Å². The zero-order valence-corrected chi connectivity index (χ0v) is 11.7. The number of hydrogen-bond donors (Lipinski definition) is 2. The summed E-state index contributed by atoms with van der Waals surface area (Å²) in [6.07, 6.45) is 9.45. The molecule has 18 heavy (non-hydrogen) atoms. The predicted molar refractivity (Wildman–Crippen MR) is 74.1 cm³/mol. The second kappa shape index (κ2) is 6.05. The molecule has 0 unspecified atom stereocenters. The highest BCUT2D eigenvalue weighted by atomic mass is 16.2. The predicted octanol–water partition coefficient (Wildman–Crippen LogP) is 2.45. The van der Waals surface area contributed by atoms with Gasteiger partial charge in [-0.25, -0.2) is 0 Å². The Kier molecular flexibility index (Phi) is 4.66. The van der Waals surface area contributed by atoms with Gasteiger partial charge in [0.25, 0.3) is 0 Å². The van der Waals surface area contributed by atoms with E-state index >= 15 is 0 Å². The minimum absolute atomic E-state index is 0.215. The van der Waals surface area contributed by atoms with Crippen molar-refractivity contribution in [2.75, 3.05) is 13.1 Å². The molecule has 3 nitrogen and oxygen atoms in total. The summed E-state index contributed by atoms with van der Waals surface area (Å²) in [5.74, 6) is 1.93. The zero-order chi connectivity index (χ0) is 13.0. The molecule has 0 radical (unpaired) electrons. The highest BCUT2D eigenvalue weighted by Crippen LogP contribution is 2.38. The van der Waals surface area contributed by atoms with Crippen LogP contribution in [0.4, 0.5) is 0 Å². The number of carbonyl (C=O) groups is 1. The van der Waals surface area contributed by atoms with E-state index in [-0.39, 0.29) is 11.3 Å². The van der Waals surface area contributed by atoms with Gasteiger partial charge in [-0.1, -0.05) is 19.8 Å². The average molecular weight is 252 g/mol. The molecule has 2 aliphatic carbocycles. The zero-order valence-electron chi connectivity index (χ0n) is 11.7. The number of hydrogen-bond acceptors (Lipinski definition) is 2. The monoisotopic (exact) mass is 252 g/mol. The first-order valence-corrected chi connectivity index (χ1v) is 7.65. The van der Waals surface area contributed by atoms with Crippen LogP contribution in [-0.4, -0.2) is 19.0 Å². The second-order valence-electron chi connectivity index (χ2n) is 6.51. The van der Waals surface area contributed by atoms with Crippen LogP contribution in [-0.2, 0) is 4.79 Å². The molecular weight excluding hydrogens is 224 g/mol. The minimum atomic E-state index is -0.258. The van der Waals surface area contributed by atoms with Crippen molar-refractivity contribution in [2.24, 2.45) is 23.0 Å². The molecule has 0 saturated heterocycles. The van der Waals surface area contributed by atoms with E-state index in [1.807, 2.05) is 0 Å². The van der Waals surface area contributed by atoms with Gasteiger partial charge < -0.3 is 11.1 Å². The van der Waals surface area contributed by atoms with Crippen molar-refractivity contribution >= 4 is 5.91 Å². The maximum atomic E-state index is 12.3. The number of nitrogens with one attached hydrogen (secondary N) is 1. The number of rotatable bonds is 6. The fraction of sp³-hybridized carbons (Fsp3) is 0.933. The van der Waals surface area contributed by atoms with Crippen LogP contribution in [0.5, 0.6) is 0 Å². The highest BCUT2D eigenvalue weighted by Gasteiger charge is 2.39. The summed E-state index contributed by atoms with van der Waals surface area (Å²) >= 11 is 0. The third-order valence-corrected chi connectivity index (χ3v) is 4.88. The summed E-state index contributed by atoms with van der Waals surface area (Å²) in [7, 11) is 0. The van der Waals surface area contributed by atoms with Gasteiger partial charge >= 0.3 is 0 Å². The maximum Gasteiger partial charge on any atom is 0.227 e. The van der Waals surface area contributed by atoms with Crippen molar-refractivity contribution < 1.29 is 4.79 Å². The first kappa shape index (κ1) is 13.9. The molecule has 0 spiro atoms. The van der Waals surface area contributed by atoms with Crippen molar-refractivity contribution in [1.29, 1.82) is 0 Å². The second-order valence-corrected chi connectivity index (χ2v) is 6.51. The van der Waals surface area contributed by atoms with Crippen LogP contribution in [0.15, 0.2) is 0 Å². The largest absolute Gasteiger partial charge is 0.356 e. The Balaban J connectivity index is 1.73. The van der Waals surface area contributed by atoms with E-state index in [1.54, 1.807) is 0 Å². The first-order valence-electron chi connectivity index (χ1n) is 7.65. The lowest BCUT2D eigenvalue weighted by Gasteiger charge is -2.37. The minimum Gasteiger partial charge on any atom is -0.356 e. The third kappa shape index (κ3) is 3.47. The van der Waals surface area contributed by atoms with Crippen LogP contribution in [0.1, 0.15) is 58.3 Å². The molecule has 104 valence electrons. The lowest BCUT2D eigenvalue weighted by atomic mass is 9.70. The summed E-state index contributed by atoms with van der Waals surface area (Å²) < 4.78 is 0. The lowest BCUT2D eigenvalue weighted by molar-refractivity contribution is -0.132. The van der Waals surface area contributed by atoms with E-state index in [2.05, 4.69) is 12.2 Å². The highest BCUT2D eigenvalue weighted by molar-refractivity contribution is 5.83. The van der Waals surface area contributed by atoms with E-state index in [4.69, 9.17) is 5.73 Å². The van der Waals surface area contributed by atoms with Gasteiger partial charge in [-0.3, -0.25) is 4.79 Å². The van der Waals surface area contributed by atoms with Gasteiger partial charge in [-0.05, 0) is 50.4 Å². The molecule has 0 atom stereocenters. The quantitative estimate of drug-likeness (QED) is 0.713. The molecule has 2 fully saturated rings. The standard InChI is InChI=1S/C15H28N2O/c1-12-6-8-15(11-16,9-7-12)14(18)17-10-2-3-13-4-5-13/h12-13H,2-11,16H2,1H3,(H,17,18). The van der Waals surface area contributed by atoms with Gasteiger partial charge in [-0.15, -0.1) is 0 Å². The Labute approximate surface area is 111 Å². The van der Waals surface area contributed by atoms with Crippen LogP contribution in [0.3, 0.4) is 0 Å². The lowest BCUT2D eigenvalue weighted by Crippen LogP contribution is -2.48. The summed E-state index contributed by atoms with van der Waals surface area (Å²) in [5, 5.41) is 3.12. The van der Waals surface area contributed by atoms with E-state index in [0.29, 0.717) is 6.54 Å². The van der Waals surface area contributed by atoms with Crippen LogP contribution in [0, 0.1) is 17.3 Å². The summed E-state index contributed by atoms with van der Waals surface area (Å²) in [6, 6.07) is 0. The molecule has 0 aromatic carbocycles. The Bertz CT molecular complexity index is 278. The number of amides is 1. The molecule has 2 saturated carbocycles. The molecule has 2 rings (SSSR count). The molecule has 0 aliphatic heterocycles. The molecule has 0 aromatic rings. The fourth-order valence-corrected chi connectivity index (χ4v) is 3.03.